The summed E-state index contributed by atoms with van der Waals surface area (Å²) >= 11 is 0. The predicted molar refractivity (Wildman–Crippen MR) is 74.2 cm³/mol. The van der Waals surface area contributed by atoms with E-state index in [0.29, 0.717) is 11.0 Å². The smallest absolute Gasteiger partial charge is 0.263 e. The molecular weight excluding hydrogens is 256 g/mol. The second kappa shape index (κ2) is 5.40. The number of fused-ring (bicyclic) bond motifs is 1. The molecule has 104 valence electrons. The Hall–Kier alpha value is -2.24. The highest BCUT2D eigenvalue weighted by molar-refractivity contribution is 5.77. The molecule has 3 rings (SSSR count). The van der Waals surface area contributed by atoms with Crippen LogP contribution >= 0.6 is 0 Å². The zero-order valence-corrected chi connectivity index (χ0v) is 11.1. The molecule has 20 heavy (non-hydrogen) atoms. The van der Waals surface area contributed by atoms with Crippen molar-refractivity contribution in [3.05, 3.63) is 35.0 Å². The largest absolute Gasteiger partial charge is 0.352 e. The van der Waals surface area contributed by atoms with Crippen molar-refractivity contribution < 1.29 is 4.79 Å². The van der Waals surface area contributed by atoms with Gasteiger partial charge in [0, 0.05) is 12.2 Å². The Kier molecular flexibility index (Phi) is 3.45. The monoisotopic (exact) mass is 272 g/mol. The van der Waals surface area contributed by atoms with Gasteiger partial charge in [-0.1, -0.05) is 12.8 Å². The summed E-state index contributed by atoms with van der Waals surface area (Å²) in [5.41, 5.74) is 0.176. The summed E-state index contributed by atoms with van der Waals surface area (Å²) in [6, 6.07) is 3.62. The molecule has 0 spiro atoms. The van der Waals surface area contributed by atoms with Crippen LogP contribution in [0.2, 0.25) is 0 Å². The first kappa shape index (κ1) is 12.8. The van der Waals surface area contributed by atoms with Gasteiger partial charge in [-0.2, -0.15) is 0 Å². The summed E-state index contributed by atoms with van der Waals surface area (Å²) in [5.74, 6) is -0.135. The number of nitrogens with one attached hydrogen (secondary N) is 1. The summed E-state index contributed by atoms with van der Waals surface area (Å²) in [5, 5.41) is 3.39. The molecule has 1 aliphatic carbocycles. The van der Waals surface area contributed by atoms with E-state index in [-0.39, 0.29) is 24.1 Å². The minimum Gasteiger partial charge on any atom is -0.352 e. The van der Waals surface area contributed by atoms with Gasteiger partial charge >= 0.3 is 0 Å². The molecule has 1 saturated carbocycles. The number of aromatic nitrogens is 3. The molecule has 0 unspecified atom stereocenters. The maximum atomic E-state index is 12.2. The molecule has 1 fully saturated rings. The minimum absolute atomic E-state index is 0.00711. The second-order valence-electron chi connectivity index (χ2n) is 5.10. The highest BCUT2D eigenvalue weighted by atomic mass is 16.2. The topological polar surface area (TPSA) is 76.9 Å². The lowest BCUT2D eigenvalue weighted by Gasteiger charge is -2.12. The maximum absolute atomic E-state index is 12.2. The summed E-state index contributed by atoms with van der Waals surface area (Å²) in [4.78, 5) is 32.3. The standard InChI is InChI=1S/C14H16N4O2/c19-12(17-10-4-1-2-5-10)8-18-9-16-13-11(14(18)20)6-3-7-15-13/h3,6-7,9-10H,1-2,4-5,8H2,(H,17,19). The minimum atomic E-state index is -0.232. The van der Waals surface area contributed by atoms with Crippen LogP contribution in [0.5, 0.6) is 0 Å². The molecule has 2 heterocycles. The summed E-state index contributed by atoms with van der Waals surface area (Å²) < 4.78 is 1.33. The normalized spacial score (nSPS) is 15.6. The van der Waals surface area contributed by atoms with E-state index in [1.807, 2.05) is 0 Å². The third-order valence-electron chi connectivity index (χ3n) is 3.63. The lowest BCUT2D eigenvalue weighted by molar-refractivity contribution is -0.122. The molecule has 0 aliphatic heterocycles. The van der Waals surface area contributed by atoms with Crippen molar-refractivity contribution in [3.63, 3.8) is 0 Å². The van der Waals surface area contributed by atoms with Gasteiger partial charge in [-0.05, 0) is 25.0 Å². The molecule has 2 aromatic rings. The Balaban J connectivity index is 1.78. The number of rotatable bonds is 3. The van der Waals surface area contributed by atoms with Crippen LogP contribution < -0.4 is 10.9 Å². The highest BCUT2D eigenvalue weighted by Gasteiger charge is 2.17. The zero-order valence-electron chi connectivity index (χ0n) is 11.1. The van der Waals surface area contributed by atoms with Crippen LogP contribution in [0.25, 0.3) is 11.0 Å². The van der Waals surface area contributed by atoms with E-state index in [2.05, 4.69) is 15.3 Å². The van der Waals surface area contributed by atoms with Crippen molar-refractivity contribution in [1.29, 1.82) is 0 Å². The van der Waals surface area contributed by atoms with Crippen molar-refractivity contribution in [2.24, 2.45) is 0 Å². The average Bonchev–Trinajstić information content (AvgIpc) is 2.95. The number of pyridine rings is 1. The number of nitrogens with zero attached hydrogens (tertiary/aromatic N) is 3. The number of hydrogen-bond acceptors (Lipinski definition) is 4. The van der Waals surface area contributed by atoms with E-state index in [0.717, 1.165) is 25.7 Å². The summed E-state index contributed by atoms with van der Waals surface area (Å²) in [7, 11) is 0. The van der Waals surface area contributed by atoms with E-state index in [1.54, 1.807) is 18.3 Å². The Bertz CT molecular complexity index is 689. The molecule has 1 aliphatic rings. The Morgan fingerprint density at radius 2 is 2.15 bits per heavy atom. The SMILES string of the molecule is O=C(Cn1cnc2ncccc2c1=O)NC1CCCC1. The lowest BCUT2D eigenvalue weighted by Crippen LogP contribution is -2.37. The van der Waals surface area contributed by atoms with Gasteiger partial charge in [-0.15, -0.1) is 0 Å². The molecule has 1 N–H and O–H groups in total. The highest BCUT2D eigenvalue weighted by Crippen LogP contribution is 2.17. The van der Waals surface area contributed by atoms with Gasteiger partial charge in [0.1, 0.15) is 12.9 Å². The molecule has 0 bridgehead atoms. The summed E-state index contributed by atoms with van der Waals surface area (Å²) in [6.45, 7) is 0.00711. The molecule has 6 nitrogen and oxygen atoms in total. The number of carbonyl (C=O) groups excluding carboxylic acids is 1. The van der Waals surface area contributed by atoms with Crippen molar-refractivity contribution in [3.8, 4) is 0 Å². The summed E-state index contributed by atoms with van der Waals surface area (Å²) in [6.07, 6.45) is 7.35. The van der Waals surface area contributed by atoms with Gasteiger partial charge in [0.2, 0.25) is 5.91 Å². The van der Waals surface area contributed by atoms with Gasteiger partial charge < -0.3 is 5.32 Å². The molecule has 0 radical (unpaired) electrons. The van der Waals surface area contributed by atoms with Crippen molar-refractivity contribution in [2.45, 2.75) is 38.3 Å². The zero-order chi connectivity index (χ0) is 13.9. The van der Waals surface area contributed by atoms with Gasteiger partial charge in [0.25, 0.3) is 5.56 Å². The van der Waals surface area contributed by atoms with Crippen LogP contribution in [0, 0.1) is 0 Å². The molecule has 2 aromatic heterocycles. The van der Waals surface area contributed by atoms with Crippen molar-refractivity contribution in [1.82, 2.24) is 19.9 Å². The first-order valence-electron chi connectivity index (χ1n) is 6.83. The fourth-order valence-electron chi connectivity index (χ4n) is 2.61. The molecular formula is C14H16N4O2. The fraction of sp³-hybridized carbons (Fsp3) is 0.429. The quantitative estimate of drug-likeness (QED) is 0.898. The van der Waals surface area contributed by atoms with Crippen molar-refractivity contribution in [2.75, 3.05) is 0 Å². The van der Waals surface area contributed by atoms with Crippen LogP contribution in [0.4, 0.5) is 0 Å². The van der Waals surface area contributed by atoms with E-state index < -0.39 is 0 Å². The Morgan fingerprint density at radius 3 is 2.95 bits per heavy atom. The van der Waals surface area contributed by atoms with Crippen LogP contribution in [0.3, 0.4) is 0 Å². The molecule has 1 amide bonds. The van der Waals surface area contributed by atoms with Crippen LogP contribution in [0.15, 0.2) is 29.5 Å². The number of carbonyl (C=O) groups is 1. The molecule has 0 saturated heterocycles. The Morgan fingerprint density at radius 1 is 1.35 bits per heavy atom. The number of amides is 1. The van der Waals surface area contributed by atoms with Gasteiger partial charge in [-0.25, -0.2) is 9.97 Å². The second-order valence-corrected chi connectivity index (χ2v) is 5.10. The first-order valence-corrected chi connectivity index (χ1v) is 6.83. The third kappa shape index (κ3) is 2.54. The predicted octanol–water partition coefficient (Wildman–Crippen LogP) is 0.850. The first-order chi connectivity index (χ1) is 9.74. The van der Waals surface area contributed by atoms with E-state index in [4.69, 9.17) is 0 Å². The number of hydrogen-bond donors (Lipinski definition) is 1. The third-order valence-corrected chi connectivity index (χ3v) is 3.63. The van der Waals surface area contributed by atoms with E-state index in [1.165, 1.54) is 10.9 Å². The fourth-order valence-corrected chi connectivity index (χ4v) is 2.61. The van der Waals surface area contributed by atoms with Crippen LogP contribution in [0.1, 0.15) is 25.7 Å². The Labute approximate surface area is 115 Å². The molecule has 6 heteroatoms. The van der Waals surface area contributed by atoms with Gasteiger partial charge in [0.05, 0.1) is 5.39 Å². The maximum Gasteiger partial charge on any atom is 0.263 e. The van der Waals surface area contributed by atoms with Crippen LogP contribution in [-0.4, -0.2) is 26.5 Å². The lowest BCUT2D eigenvalue weighted by atomic mass is 10.2. The van der Waals surface area contributed by atoms with Crippen LogP contribution in [-0.2, 0) is 11.3 Å². The van der Waals surface area contributed by atoms with E-state index in [9.17, 15) is 9.59 Å². The van der Waals surface area contributed by atoms with Gasteiger partial charge in [0.15, 0.2) is 5.65 Å². The molecule has 0 atom stereocenters. The van der Waals surface area contributed by atoms with E-state index >= 15 is 0 Å². The van der Waals surface area contributed by atoms with Gasteiger partial charge in [-0.3, -0.25) is 14.2 Å². The van der Waals surface area contributed by atoms with Crippen molar-refractivity contribution >= 4 is 16.9 Å². The molecule has 0 aromatic carbocycles. The average molecular weight is 272 g/mol.